The van der Waals surface area contributed by atoms with Crippen LogP contribution >= 0.6 is 0 Å². The highest BCUT2D eigenvalue weighted by atomic mass is 15.1. The van der Waals surface area contributed by atoms with Crippen molar-refractivity contribution in [1.82, 2.24) is 0 Å². The van der Waals surface area contributed by atoms with E-state index < -0.39 is 0 Å². The minimum atomic E-state index is 0.902. The second-order valence-electron chi connectivity index (χ2n) is 4.23. The highest BCUT2D eigenvalue weighted by molar-refractivity contribution is 5.75. The number of anilines is 2. The predicted octanol–water partition coefficient (Wildman–Crippen LogP) is 6.40. The largest absolute Gasteiger partial charge is 0.343 e. The molecule has 0 saturated carbocycles. The van der Waals surface area contributed by atoms with E-state index in [1.165, 1.54) is 5.56 Å². The molecule has 0 radical (unpaired) electrons. The number of aryl methyl sites for hydroxylation is 1. The molecule has 0 bridgehead atoms. The Morgan fingerprint density at radius 2 is 1.45 bits per heavy atom. The Hall–Kier alpha value is -2.09. The van der Waals surface area contributed by atoms with Crippen LogP contribution in [0, 0.1) is 0 Å². The predicted molar refractivity (Wildman–Crippen MR) is 102 cm³/mol. The lowest BCUT2D eigenvalue weighted by molar-refractivity contribution is 1.13. The van der Waals surface area contributed by atoms with E-state index in [2.05, 4.69) is 53.9 Å². The Balaban J connectivity index is 0.00000102. The van der Waals surface area contributed by atoms with E-state index in [1.807, 2.05) is 52.9 Å². The van der Waals surface area contributed by atoms with Gasteiger partial charge in [0.1, 0.15) is 0 Å². The van der Waals surface area contributed by atoms with Crippen LogP contribution in [0.25, 0.3) is 0 Å². The summed E-state index contributed by atoms with van der Waals surface area (Å²) < 4.78 is 0. The van der Waals surface area contributed by atoms with E-state index in [9.17, 15) is 0 Å². The number of benzene rings is 2. The van der Waals surface area contributed by atoms with Gasteiger partial charge in [0, 0.05) is 12.7 Å². The fraction of sp³-hybridized carbons (Fsp3) is 0.350. The van der Waals surface area contributed by atoms with E-state index in [0.29, 0.717) is 0 Å². The smallest absolute Gasteiger partial charge is 0.0859 e. The maximum absolute atomic E-state index is 4.06. The first-order valence-electron chi connectivity index (χ1n) is 8.14. The Labute approximate surface area is 136 Å². The lowest BCUT2D eigenvalue weighted by atomic mass is 10.1. The Bertz CT molecular complexity index is 530. The van der Waals surface area contributed by atoms with Gasteiger partial charge in [0.25, 0.3) is 0 Å². The van der Waals surface area contributed by atoms with E-state index in [1.54, 1.807) is 0 Å². The summed E-state index contributed by atoms with van der Waals surface area (Å²) in [4.78, 5) is 6.19. The van der Waals surface area contributed by atoms with Gasteiger partial charge in [-0.15, -0.1) is 0 Å². The van der Waals surface area contributed by atoms with Crippen molar-refractivity contribution in [1.29, 1.82) is 0 Å². The molecule has 120 valence electrons. The first-order chi connectivity index (χ1) is 10.8. The Morgan fingerprint density at radius 1 is 0.909 bits per heavy atom. The van der Waals surface area contributed by atoms with Crippen molar-refractivity contribution in [2.24, 2.45) is 4.99 Å². The molecule has 22 heavy (non-hydrogen) atoms. The molecular formula is C20H30N2. The van der Waals surface area contributed by atoms with Crippen molar-refractivity contribution < 1.29 is 0 Å². The molecule has 0 aromatic heterocycles. The van der Waals surface area contributed by atoms with Crippen LogP contribution in [0.15, 0.2) is 53.5 Å². The van der Waals surface area contributed by atoms with Crippen LogP contribution in [-0.2, 0) is 6.42 Å². The summed E-state index contributed by atoms with van der Waals surface area (Å²) in [6.07, 6.45) is 1.06. The van der Waals surface area contributed by atoms with Crippen LogP contribution in [0.1, 0.15) is 40.2 Å². The normalized spacial score (nSPS) is 8.82. The zero-order chi connectivity index (χ0) is 17.0. The molecule has 0 saturated heterocycles. The molecule has 0 spiro atoms. The van der Waals surface area contributed by atoms with Crippen LogP contribution in [0.2, 0.25) is 0 Å². The minimum Gasteiger partial charge on any atom is -0.343 e. The van der Waals surface area contributed by atoms with Crippen molar-refractivity contribution in [3.8, 4) is 0 Å². The summed E-state index contributed by atoms with van der Waals surface area (Å²) in [6.45, 7) is 13.8. The summed E-state index contributed by atoms with van der Waals surface area (Å²) in [7, 11) is 2.05. The second-order valence-corrected chi connectivity index (χ2v) is 4.23. The van der Waals surface area contributed by atoms with Gasteiger partial charge in [-0.3, -0.25) is 4.99 Å². The first-order valence-corrected chi connectivity index (χ1v) is 8.14. The standard InChI is InChI=1S/C16H18N2.2C2H6/c1-4-13-9-11-14(12-10-13)18(3)16-8-6-5-7-15(16)17-2;2*1-2/h5-12H,2,4H2,1,3H3;2*1-2H3. The van der Waals surface area contributed by atoms with E-state index in [0.717, 1.165) is 23.5 Å². The Morgan fingerprint density at radius 3 is 1.95 bits per heavy atom. The molecule has 2 aromatic carbocycles. The summed E-state index contributed by atoms with van der Waals surface area (Å²) in [6, 6.07) is 16.6. The molecule has 2 nitrogen and oxygen atoms in total. The monoisotopic (exact) mass is 298 g/mol. The third-order valence-corrected chi connectivity index (χ3v) is 3.15. The average molecular weight is 298 g/mol. The molecule has 0 aliphatic carbocycles. The van der Waals surface area contributed by atoms with E-state index in [-0.39, 0.29) is 0 Å². The molecule has 0 unspecified atom stereocenters. The zero-order valence-corrected chi connectivity index (χ0v) is 14.9. The maximum atomic E-state index is 4.06. The van der Waals surface area contributed by atoms with E-state index >= 15 is 0 Å². The van der Waals surface area contributed by atoms with Gasteiger partial charge in [-0.25, -0.2) is 0 Å². The fourth-order valence-electron chi connectivity index (χ4n) is 1.98. The van der Waals surface area contributed by atoms with Crippen molar-refractivity contribution >= 4 is 23.8 Å². The highest BCUT2D eigenvalue weighted by Gasteiger charge is 2.07. The summed E-state index contributed by atoms with van der Waals surface area (Å²) in [5.74, 6) is 0. The van der Waals surface area contributed by atoms with Crippen molar-refractivity contribution in [3.05, 3.63) is 54.1 Å². The number of hydrogen-bond donors (Lipinski definition) is 0. The molecule has 2 heteroatoms. The van der Waals surface area contributed by atoms with E-state index in [4.69, 9.17) is 0 Å². The van der Waals surface area contributed by atoms with Gasteiger partial charge in [0.2, 0.25) is 0 Å². The molecule has 0 aliphatic rings. The minimum absolute atomic E-state index is 0.902. The molecule has 2 rings (SSSR count). The van der Waals surface area contributed by atoms with Gasteiger partial charge in [-0.05, 0) is 43.0 Å². The van der Waals surface area contributed by atoms with Crippen LogP contribution in [-0.4, -0.2) is 13.8 Å². The van der Waals surface area contributed by atoms with Gasteiger partial charge >= 0.3 is 0 Å². The van der Waals surface area contributed by atoms with Crippen LogP contribution in [0.4, 0.5) is 17.1 Å². The third kappa shape index (κ3) is 5.36. The Kier molecular flexibility index (Phi) is 10.5. The summed E-state index contributed by atoms with van der Waals surface area (Å²) >= 11 is 0. The maximum Gasteiger partial charge on any atom is 0.0859 e. The molecular weight excluding hydrogens is 268 g/mol. The van der Waals surface area contributed by atoms with Gasteiger partial charge in [0.05, 0.1) is 11.4 Å². The first kappa shape index (κ1) is 19.9. The number of nitrogens with zero attached hydrogens (tertiary/aromatic N) is 2. The second kappa shape index (κ2) is 11.6. The van der Waals surface area contributed by atoms with Gasteiger partial charge in [-0.2, -0.15) is 0 Å². The molecule has 0 heterocycles. The topological polar surface area (TPSA) is 15.6 Å². The van der Waals surface area contributed by atoms with Crippen molar-refractivity contribution in [2.45, 2.75) is 41.0 Å². The van der Waals surface area contributed by atoms with Gasteiger partial charge in [0.15, 0.2) is 0 Å². The van der Waals surface area contributed by atoms with Crippen molar-refractivity contribution in [3.63, 3.8) is 0 Å². The van der Waals surface area contributed by atoms with Crippen LogP contribution < -0.4 is 4.90 Å². The van der Waals surface area contributed by atoms with Gasteiger partial charge in [-0.1, -0.05) is 58.9 Å². The molecule has 0 aliphatic heterocycles. The summed E-state index contributed by atoms with van der Waals surface area (Å²) in [5.41, 5.74) is 4.47. The highest BCUT2D eigenvalue weighted by Crippen LogP contribution is 2.32. The fourth-order valence-corrected chi connectivity index (χ4v) is 1.98. The van der Waals surface area contributed by atoms with Crippen LogP contribution in [0.5, 0.6) is 0 Å². The molecule has 2 aromatic rings. The molecule has 0 N–H and O–H groups in total. The van der Waals surface area contributed by atoms with Crippen LogP contribution in [0.3, 0.4) is 0 Å². The average Bonchev–Trinajstić information content (AvgIpc) is 2.64. The number of aliphatic imine (C=N–C) groups is 1. The van der Waals surface area contributed by atoms with Gasteiger partial charge < -0.3 is 4.90 Å². The lowest BCUT2D eigenvalue weighted by Gasteiger charge is -2.21. The third-order valence-electron chi connectivity index (χ3n) is 3.15. The quantitative estimate of drug-likeness (QED) is 0.596. The zero-order valence-electron chi connectivity index (χ0n) is 14.9. The molecule has 0 atom stereocenters. The molecule has 0 fully saturated rings. The lowest BCUT2D eigenvalue weighted by Crippen LogP contribution is -2.09. The number of rotatable bonds is 4. The van der Waals surface area contributed by atoms with Crippen molar-refractivity contribution in [2.75, 3.05) is 11.9 Å². The SMILES string of the molecule is C=Nc1ccccc1N(C)c1ccc(CC)cc1.CC.CC. The number of para-hydroxylation sites is 2. The summed E-state index contributed by atoms with van der Waals surface area (Å²) in [5, 5.41) is 0. The number of hydrogen-bond acceptors (Lipinski definition) is 2. The molecule has 0 amide bonds.